The average molecular weight is 293 g/mol. The number of amides is 1. The lowest BCUT2D eigenvalue weighted by molar-refractivity contribution is 0.0303. The van der Waals surface area contributed by atoms with Crippen molar-refractivity contribution in [3.05, 3.63) is 17.5 Å². The first-order chi connectivity index (χ1) is 9.97. The second-order valence-corrected chi connectivity index (χ2v) is 6.17. The van der Waals surface area contributed by atoms with Crippen LogP contribution in [0.25, 0.3) is 0 Å². The van der Waals surface area contributed by atoms with E-state index in [4.69, 9.17) is 4.52 Å². The van der Waals surface area contributed by atoms with Crippen molar-refractivity contribution in [1.82, 2.24) is 15.0 Å². The summed E-state index contributed by atoms with van der Waals surface area (Å²) >= 11 is 0. The second kappa shape index (κ2) is 6.60. The summed E-state index contributed by atoms with van der Waals surface area (Å²) in [5.41, 5.74) is 0.869. The first kappa shape index (κ1) is 16.0. The topological polar surface area (TPSA) is 49.6 Å². The lowest BCUT2D eigenvalue weighted by Crippen LogP contribution is -2.57. The fourth-order valence-electron chi connectivity index (χ4n) is 2.89. The molecule has 5 heteroatoms. The monoisotopic (exact) mass is 293 g/mol. The first-order valence-corrected chi connectivity index (χ1v) is 7.99. The third-order valence-electron chi connectivity index (χ3n) is 4.64. The van der Waals surface area contributed by atoms with E-state index in [0.29, 0.717) is 17.7 Å². The van der Waals surface area contributed by atoms with E-state index in [9.17, 15) is 4.79 Å². The van der Waals surface area contributed by atoms with Crippen LogP contribution in [-0.4, -0.2) is 52.6 Å². The fraction of sp³-hybridized carbons (Fsp3) is 0.750. The molecule has 0 aliphatic carbocycles. The highest BCUT2D eigenvalue weighted by molar-refractivity contribution is 5.91. The Morgan fingerprint density at radius 2 is 2.10 bits per heavy atom. The van der Waals surface area contributed by atoms with Gasteiger partial charge in [-0.15, -0.1) is 0 Å². The molecule has 0 unspecified atom stereocenters. The summed E-state index contributed by atoms with van der Waals surface area (Å²) in [5.74, 6) is 0.657. The summed E-state index contributed by atoms with van der Waals surface area (Å²) in [6.07, 6.45) is 0.989. The van der Waals surface area contributed by atoms with Gasteiger partial charge < -0.3 is 9.42 Å². The predicted octanol–water partition coefficient (Wildman–Crippen LogP) is 2.74. The van der Waals surface area contributed by atoms with Crippen LogP contribution in [0.1, 0.15) is 63.2 Å². The molecule has 0 radical (unpaired) electrons. The third kappa shape index (κ3) is 3.28. The standard InChI is InChI=1S/C16H27N3O2/c1-6-11(3)14-8-15(21-17-14)16(20)19-10-12(4)18(7-2)9-13(19)5/h8,11-13H,6-7,9-10H2,1-5H3/t11-,12+,13+/m0/s1. The van der Waals surface area contributed by atoms with Gasteiger partial charge in [-0.2, -0.15) is 0 Å². The van der Waals surface area contributed by atoms with Gasteiger partial charge in [-0.05, 0) is 26.8 Å². The van der Waals surface area contributed by atoms with Gasteiger partial charge in [-0.25, -0.2) is 0 Å². The number of carbonyl (C=O) groups is 1. The highest BCUT2D eigenvalue weighted by Gasteiger charge is 2.33. The van der Waals surface area contributed by atoms with E-state index in [0.717, 1.165) is 31.7 Å². The molecule has 1 fully saturated rings. The number of hydrogen-bond donors (Lipinski definition) is 0. The Morgan fingerprint density at radius 1 is 1.38 bits per heavy atom. The Kier molecular flexibility index (Phi) is 5.04. The summed E-state index contributed by atoms with van der Waals surface area (Å²) < 4.78 is 5.28. The minimum atomic E-state index is -0.0350. The molecule has 1 aromatic rings. The minimum absolute atomic E-state index is 0.0350. The molecule has 1 aromatic heterocycles. The highest BCUT2D eigenvalue weighted by Crippen LogP contribution is 2.21. The van der Waals surface area contributed by atoms with Crippen molar-refractivity contribution in [3.8, 4) is 0 Å². The molecule has 2 rings (SSSR count). The zero-order chi connectivity index (χ0) is 15.6. The summed E-state index contributed by atoms with van der Waals surface area (Å²) in [7, 11) is 0. The van der Waals surface area contributed by atoms with Crippen LogP contribution in [-0.2, 0) is 0 Å². The maximum Gasteiger partial charge on any atom is 0.292 e. The van der Waals surface area contributed by atoms with Gasteiger partial charge in [0.25, 0.3) is 5.91 Å². The zero-order valence-electron chi connectivity index (χ0n) is 13.8. The summed E-state index contributed by atoms with van der Waals surface area (Å²) in [5, 5.41) is 4.05. The Hall–Kier alpha value is -1.36. The van der Waals surface area contributed by atoms with Crippen molar-refractivity contribution in [2.45, 2.75) is 59.0 Å². The molecule has 3 atom stereocenters. The van der Waals surface area contributed by atoms with Gasteiger partial charge in [0, 0.05) is 37.2 Å². The van der Waals surface area contributed by atoms with Gasteiger partial charge in [-0.1, -0.05) is 25.9 Å². The van der Waals surface area contributed by atoms with Gasteiger partial charge in [0.15, 0.2) is 0 Å². The molecule has 1 aliphatic heterocycles. The van der Waals surface area contributed by atoms with Crippen LogP contribution >= 0.6 is 0 Å². The largest absolute Gasteiger partial charge is 0.351 e. The molecule has 0 spiro atoms. The van der Waals surface area contributed by atoms with Gasteiger partial charge in [0.2, 0.25) is 5.76 Å². The van der Waals surface area contributed by atoms with Crippen molar-refractivity contribution >= 4 is 5.91 Å². The first-order valence-electron chi connectivity index (χ1n) is 7.99. The maximum atomic E-state index is 12.6. The Bertz CT molecular complexity index is 486. The average Bonchev–Trinajstić information content (AvgIpc) is 2.97. The van der Waals surface area contributed by atoms with E-state index in [1.165, 1.54) is 0 Å². The molecule has 5 nitrogen and oxygen atoms in total. The number of carbonyl (C=O) groups excluding carboxylic acids is 1. The lowest BCUT2D eigenvalue weighted by atomic mass is 10.0. The van der Waals surface area contributed by atoms with Crippen molar-refractivity contribution in [3.63, 3.8) is 0 Å². The van der Waals surface area contributed by atoms with Crippen LogP contribution in [0.2, 0.25) is 0 Å². The van der Waals surface area contributed by atoms with Crippen LogP contribution in [0.5, 0.6) is 0 Å². The summed E-state index contributed by atoms with van der Waals surface area (Å²) in [4.78, 5) is 17.0. The number of aromatic nitrogens is 1. The molecule has 0 bridgehead atoms. The van der Waals surface area contributed by atoms with Crippen LogP contribution in [0.15, 0.2) is 10.6 Å². The van der Waals surface area contributed by atoms with Crippen LogP contribution in [0, 0.1) is 0 Å². The van der Waals surface area contributed by atoms with Crippen molar-refractivity contribution < 1.29 is 9.32 Å². The number of hydrogen-bond acceptors (Lipinski definition) is 4. The predicted molar refractivity (Wildman–Crippen MR) is 82.4 cm³/mol. The van der Waals surface area contributed by atoms with Crippen LogP contribution in [0.3, 0.4) is 0 Å². The van der Waals surface area contributed by atoms with Crippen LogP contribution in [0.4, 0.5) is 0 Å². The summed E-state index contributed by atoms with van der Waals surface area (Å²) in [6.45, 7) is 13.3. The van der Waals surface area contributed by atoms with Gasteiger partial charge in [0.1, 0.15) is 0 Å². The Balaban J connectivity index is 2.11. The molecule has 21 heavy (non-hydrogen) atoms. The molecule has 1 aliphatic rings. The van der Waals surface area contributed by atoms with E-state index in [2.05, 4.69) is 44.7 Å². The molecular formula is C16H27N3O2. The van der Waals surface area contributed by atoms with E-state index in [-0.39, 0.29) is 11.9 Å². The van der Waals surface area contributed by atoms with E-state index in [1.54, 1.807) is 6.07 Å². The van der Waals surface area contributed by atoms with Gasteiger partial charge in [0.05, 0.1) is 5.69 Å². The molecule has 1 saturated heterocycles. The number of nitrogens with zero attached hydrogens (tertiary/aromatic N) is 3. The smallest absolute Gasteiger partial charge is 0.292 e. The van der Waals surface area contributed by atoms with Crippen molar-refractivity contribution in [2.24, 2.45) is 0 Å². The lowest BCUT2D eigenvalue weighted by Gasteiger charge is -2.43. The third-order valence-corrected chi connectivity index (χ3v) is 4.64. The van der Waals surface area contributed by atoms with Crippen molar-refractivity contribution in [1.29, 1.82) is 0 Å². The molecule has 0 aromatic carbocycles. The van der Waals surface area contributed by atoms with E-state index in [1.807, 2.05) is 4.90 Å². The van der Waals surface area contributed by atoms with Crippen LogP contribution < -0.4 is 0 Å². The highest BCUT2D eigenvalue weighted by atomic mass is 16.5. The SMILES string of the molecule is CC[C@H](C)c1cc(C(=O)N2C[C@@H](C)N(CC)C[C@H]2C)on1. The van der Waals surface area contributed by atoms with E-state index >= 15 is 0 Å². The fourth-order valence-corrected chi connectivity index (χ4v) is 2.89. The molecule has 118 valence electrons. The minimum Gasteiger partial charge on any atom is -0.351 e. The molecule has 0 N–H and O–H groups in total. The maximum absolute atomic E-state index is 12.6. The molecule has 0 saturated carbocycles. The van der Waals surface area contributed by atoms with Gasteiger partial charge >= 0.3 is 0 Å². The normalized spacial score (nSPS) is 25.1. The van der Waals surface area contributed by atoms with E-state index < -0.39 is 0 Å². The number of piperazine rings is 1. The zero-order valence-corrected chi connectivity index (χ0v) is 13.8. The number of likely N-dealkylation sites (N-methyl/N-ethyl adjacent to an activating group) is 1. The second-order valence-electron chi connectivity index (χ2n) is 6.17. The number of rotatable bonds is 4. The summed E-state index contributed by atoms with van der Waals surface area (Å²) in [6, 6.07) is 2.39. The Labute approximate surface area is 127 Å². The molecule has 2 heterocycles. The molecular weight excluding hydrogens is 266 g/mol. The molecule has 1 amide bonds. The van der Waals surface area contributed by atoms with Gasteiger partial charge in [-0.3, -0.25) is 9.69 Å². The Morgan fingerprint density at radius 3 is 2.71 bits per heavy atom. The van der Waals surface area contributed by atoms with Crippen molar-refractivity contribution in [2.75, 3.05) is 19.6 Å². The quantitative estimate of drug-likeness (QED) is 0.856.